The molecule has 1 aliphatic rings. The molecule has 0 aromatic carbocycles. The van der Waals surface area contributed by atoms with Crippen molar-refractivity contribution in [1.29, 1.82) is 0 Å². The lowest BCUT2D eigenvalue weighted by Gasteiger charge is -2.16. The Morgan fingerprint density at radius 3 is 2.85 bits per heavy atom. The van der Waals surface area contributed by atoms with Gasteiger partial charge < -0.3 is 10.4 Å². The Bertz CT molecular complexity index is 493. The van der Waals surface area contributed by atoms with E-state index in [1.54, 1.807) is 0 Å². The molecule has 0 spiro atoms. The molecule has 1 heterocycles. The molecular formula is C12H14F3N3O2. The van der Waals surface area contributed by atoms with E-state index in [2.05, 4.69) is 15.3 Å². The third-order valence-electron chi connectivity index (χ3n) is 3.44. The van der Waals surface area contributed by atoms with Crippen LogP contribution in [0.2, 0.25) is 0 Å². The molecule has 110 valence electrons. The first kappa shape index (κ1) is 14.5. The molecule has 0 amide bonds. The SMILES string of the molecule is O=C(O)C1CCCC1CNc1nccc(C(F)(F)F)n1. The first-order valence-corrected chi connectivity index (χ1v) is 6.25. The monoisotopic (exact) mass is 289 g/mol. The maximum Gasteiger partial charge on any atom is 0.433 e. The molecule has 1 aliphatic carbocycles. The third kappa shape index (κ3) is 3.37. The van der Waals surface area contributed by atoms with E-state index in [4.69, 9.17) is 5.11 Å². The quantitative estimate of drug-likeness (QED) is 0.890. The van der Waals surface area contributed by atoms with Gasteiger partial charge in [-0.1, -0.05) is 6.42 Å². The van der Waals surface area contributed by atoms with Crippen LogP contribution in [0.5, 0.6) is 0 Å². The predicted molar refractivity (Wildman–Crippen MR) is 64.0 cm³/mol. The Kier molecular flexibility index (Phi) is 4.10. The predicted octanol–water partition coefficient (Wildman–Crippen LogP) is 2.41. The van der Waals surface area contributed by atoms with Gasteiger partial charge in [-0.2, -0.15) is 13.2 Å². The number of rotatable bonds is 4. The number of nitrogens with zero attached hydrogens (tertiary/aromatic N) is 2. The first-order valence-electron chi connectivity index (χ1n) is 6.25. The second kappa shape index (κ2) is 5.64. The number of carboxylic acids is 1. The second-order valence-electron chi connectivity index (χ2n) is 4.78. The lowest BCUT2D eigenvalue weighted by molar-refractivity contribution is -0.143. The number of anilines is 1. The summed E-state index contributed by atoms with van der Waals surface area (Å²) in [7, 11) is 0. The Morgan fingerprint density at radius 2 is 2.20 bits per heavy atom. The summed E-state index contributed by atoms with van der Waals surface area (Å²) in [5, 5.41) is 11.7. The molecule has 0 bridgehead atoms. The molecule has 1 fully saturated rings. The zero-order valence-electron chi connectivity index (χ0n) is 10.5. The van der Waals surface area contributed by atoms with Crippen LogP contribution in [-0.2, 0) is 11.0 Å². The van der Waals surface area contributed by atoms with Crippen molar-refractivity contribution in [2.24, 2.45) is 11.8 Å². The highest BCUT2D eigenvalue weighted by atomic mass is 19.4. The minimum Gasteiger partial charge on any atom is -0.481 e. The Hall–Kier alpha value is -1.86. The van der Waals surface area contributed by atoms with Crippen molar-refractivity contribution in [3.63, 3.8) is 0 Å². The molecule has 2 atom stereocenters. The average Bonchev–Trinajstić information content (AvgIpc) is 2.84. The van der Waals surface area contributed by atoms with Crippen molar-refractivity contribution in [3.8, 4) is 0 Å². The highest BCUT2D eigenvalue weighted by Crippen LogP contribution is 2.32. The molecule has 20 heavy (non-hydrogen) atoms. The number of aliphatic carboxylic acids is 1. The summed E-state index contributed by atoms with van der Waals surface area (Å²) in [6.07, 6.45) is -1.33. The number of hydrogen-bond acceptors (Lipinski definition) is 4. The van der Waals surface area contributed by atoms with E-state index in [9.17, 15) is 18.0 Å². The number of carbonyl (C=O) groups is 1. The minimum absolute atomic E-state index is 0.106. The van der Waals surface area contributed by atoms with E-state index >= 15 is 0 Å². The number of nitrogens with one attached hydrogen (secondary N) is 1. The van der Waals surface area contributed by atoms with Crippen LogP contribution in [0.15, 0.2) is 12.3 Å². The Labute approximate surface area is 113 Å². The molecule has 0 saturated heterocycles. The summed E-state index contributed by atoms with van der Waals surface area (Å²) < 4.78 is 37.4. The van der Waals surface area contributed by atoms with E-state index in [-0.39, 0.29) is 18.4 Å². The molecule has 8 heteroatoms. The van der Waals surface area contributed by atoms with Gasteiger partial charge in [0.2, 0.25) is 5.95 Å². The van der Waals surface area contributed by atoms with Gasteiger partial charge in [0.1, 0.15) is 5.69 Å². The maximum atomic E-state index is 12.5. The average molecular weight is 289 g/mol. The smallest absolute Gasteiger partial charge is 0.433 e. The fourth-order valence-corrected chi connectivity index (χ4v) is 2.43. The number of hydrogen-bond donors (Lipinski definition) is 2. The summed E-state index contributed by atoms with van der Waals surface area (Å²) >= 11 is 0. The van der Waals surface area contributed by atoms with Crippen LogP contribution in [0.25, 0.3) is 0 Å². The second-order valence-corrected chi connectivity index (χ2v) is 4.78. The molecule has 0 aliphatic heterocycles. The van der Waals surface area contributed by atoms with E-state index in [0.29, 0.717) is 6.42 Å². The zero-order valence-corrected chi connectivity index (χ0v) is 10.5. The molecule has 2 unspecified atom stereocenters. The maximum absolute atomic E-state index is 12.5. The lowest BCUT2D eigenvalue weighted by Crippen LogP contribution is -2.25. The van der Waals surface area contributed by atoms with E-state index < -0.39 is 23.8 Å². The normalized spacial score (nSPS) is 22.8. The lowest BCUT2D eigenvalue weighted by atomic mass is 9.96. The molecular weight excluding hydrogens is 275 g/mol. The van der Waals surface area contributed by atoms with Gasteiger partial charge in [-0.25, -0.2) is 9.97 Å². The fourth-order valence-electron chi connectivity index (χ4n) is 2.43. The summed E-state index contributed by atoms with van der Waals surface area (Å²) in [4.78, 5) is 18.1. The highest BCUT2D eigenvalue weighted by molar-refractivity contribution is 5.70. The molecule has 2 rings (SSSR count). The summed E-state index contributed by atoms with van der Waals surface area (Å²) in [5.41, 5.74) is -1.02. The molecule has 1 saturated carbocycles. The van der Waals surface area contributed by atoms with E-state index in [0.717, 1.165) is 25.1 Å². The highest BCUT2D eigenvalue weighted by Gasteiger charge is 2.34. The van der Waals surface area contributed by atoms with Crippen molar-refractivity contribution < 1.29 is 23.1 Å². The van der Waals surface area contributed by atoms with Gasteiger partial charge in [0, 0.05) is 12.7 Å². The van der Waals surface area contributed by atoms with Crippen molar-refractivity contribution in [1.82, 2.24) is 9.97 Å². The minimum atomic E-state index is -4.52. The van der Waals surface area contributed by atoms with Crippen molar-refractivity contribution in [3.05, 3.63) is 18.0 Å². The standard InChI is InChI=1S/C12H14F3N3O2/c13-12(14,15)9-4-5-16-11(18-9)17-6-7-2-1-3-8(7)10(19)20/h4-5,7-8H,1-3,6H2,(H,19,20)(H,16,17,18). The number of alkyl halides is 3. The van der Waals surface area contributed by atoms with Crippen LogP contribution >= 0.6 is 0 Å². The van der Waals surface area contributed by atoms with Gasteiger partial charge in [0.15, 0.2) is 0 Å². The summed E-state index contributed by atoms with van der Waals surface area (Å²) in [6, 6.07) is 0.792. The Morgan fingerprint density at radius 1 is 1.45 bits per heavy atom. The van der Waals surface area contributed by atoms with Crippen molar-refractivity contribution >= 4 is 11.9 Å². The number of carboxylic acid groups (broad SMARTS) is 1. The summed E-state index contributed by atoms with van der Waals surface area (Å²) in [6.45, 7) is 0.262. The molecule has 0 radical (unpaired) electrons. The van der Waals surface area contributed by atoms with E-state index in [1.165, 1.54) is 0 Å². The van der Waals surface area contributed by atoms with Gasteiger partial charge >= 0.3 is 12.1 Å². The zero-order chi connectivity index (χ0) is 14.8. The van der Waals surface area contributed by atoms with E-state index in [1.807, 2.05) is 0 Å². The van der Waals surface area contributed by atoms with Crippen LogP contribution < -0.4 is 5.32 Å². The third-order valence-corrected chi connectivity index (χ3v) is 3.44. The van der Waals surface area contributed by atoms with Crippen LogP contribution in [0.1, 0.15) is 25.0 Å². The molecule has 1 aromatic heterocycles. The molecule has 5 nitrogen and oxygen atoms in total. The van der Waals surface area contributed by atoms with Crippen LogP contribution in [0.3, 0.4) is 0 Å². The topological polar surface area (TPSA) is 75.1 Å². The fraction of sp³-hybridized carbons (Fsp3) is 0.583. The largest absolute Gasteiger partial charge is 0.481 e. The summed E-state index contributed by atoms with van der Waals surface area (Å²) in [5.74, 6) is -1.55. The van der Waals surface area contributed by atoms with Crippen molar-refractivity contribution in [2.45, 2.75) is 25.4 Å². The Balaban J connectivity index is 1.99. The van der Waals surface area contributed by atoms with Crippen molar-refractivity contribution in [2.75, 3.05) is 11.9 Å². The van der Waals surface area contributed by atoms with Crippen LogP contribution in [0, 0.1) is 11.8 Å². The van der Waals surface area contributed by atoms with Gasteiger partial charge in [0.25, 0.3) is 0 Å². The van der Waals surface area contributed by atoms with Gasteiger partial charge in [-0.05, 0) is 24.8 Å². The van der Waals surface area contributed by atoms with Gasteiger partial charge in [0.05, 0.1) is 5.92 Å². The van der Waals surface area contributed by atoms with Gasteiger partial charge in [-0.15, -0.1) is 0 Å². The van der Waals surface area contributed by atoms with Crippen LogP contribution in [0.4, 0.5) is 19.1 Å². The molecule has 1 aromatic rings. The van der Waals surface area contributed by atoms with Gasteiger partial charge in [-0.3, -0.25) is 4.79 Å². The number of halogens is 3. The molecule has 2 N–H and O–H groups in total. The first-order chi connectivity index (χ1) is 9.38. The van der Waals surface area contributed by atoms with Crippen LogP contribution in [-0.4, -0.2) is 27.6 Å². The number of aromatic nitrogens is 2.